The molecule has 0 fully saturated rings. The van der Waals surface area contributed by atoms with Crippen molar-refractivity contribution in [2.45, 2.75) is 17.6 Å². The molecule has 0 bridgehead atoms. The molecule has 1 N–H and O–H groups in total. The van der Waals surface area contributed by atoms with Gasteiger partial charge in [0.05, 0.1) is 0 Å². The van der Waals surface area contributed by atoms with Gasteiger partial charge in [-0.25, -0.2) is 13.2 Å². The number of carbonyl (C=O) groups is 1. The molecule has 0 aliphatic heterocycles. The molecule has 1 heterocycles. The molecule has 1 aromatic rings. The molecule has 0 aliphatic rings. The average Bonchev–Trinajstić information content (AvgIpc) is 2.45. The van der Waals surface area contributed by atoms with Crippen LogP contribution in [0.4, 0.5) is 0 Å². The van der Waals surface area contributed by atoms with Gasteiger partial charge in [0.1, 0.15) is 9.09 Å². The summed E-state index contributed by atoms with van der Waals surface area (Å²) < 4.78 is 21.7. The van der Waals surface area contributed by atoms with E-state index in [2.05, 4.69) is 0 Å². The third kappa shape index (κ3) is 2.26. The minimum absolute atomic E-state index is 0.0340. The minimum Gasteiger partial charge on any atom is -0.477 e. The molecule has 78 valence electrons. The number of halogens is 1. The van der Waals surface area contributed by atoms with Crippen LogP contribution >= 0.6 is 22.0 Å². The van der Waals surface area contributed by atoms with Gasteiger partial charge in [-0.05, 0) is 18.1 Å². The van der Waals surface area contributed by atoms with E-state index in [1.807, 2.05) is 0 Å². The SMILES string of the molecule is CCc1cc(S(=O)(=O)Cl)sc1C(=O)O. The monoisotopic (exact) mass is 254 g/mol. The van der Waals surface area contributed by atoms with Crippen LogP contribution < -0.4 is 0 Å². The molecular formula is C7H7ClO4S2. The van der Waals surface area contributed by atoms with Crippen molar-refractivity contribution >= 4 is 37.0 Å². The van der Waals surface area contributed by atoms with E-state index in [9.17, 15) is 13.2 Å². The summed E-state index contributed by atoms with van der Waals surface area (Å²) in [6.07, 6.45) is 0.463. The highest BCUT2D eigenvalue weighted by Gasteiger charge is 2.20. The largest absolute Gasteiger partial charge is 0.477 e. The molecule has 0 aliphatic carbocycles. The van der Waals surface area contributed by atoms with Gasteiger partial charge in [-0.2, -0.15) is 0 Å². The zero-order chi connectivity index (χ0) is 10.9. The second-order valence-electron chi connectivity index (χ2n) is 2.52. The molecule has 4 nitrogen and oxygen atoms in total. The fourth-order valence-corrected chi connectivity index (χ4v) is 3.14. The van der Waals surface area contributed by atoms with Crippen molar-refractivity contribution < 1.29 is 18.3 Å². The quantitative estimate of drug-likeness (QED) is 0.837. The number of thiophene rings is 1. The van der Waals surface area contributed by atoms with Crippen molar-refractivity contribution in [3.05, 3.63) is 16.5 Å². The molecular weight excluding hydrogens is 248 g/mol. The summed E-state index contributed by atoms with van der Waals surface area (Å²) in [7, 11) is 1.27. The number of carboxylic acid groups (broad SMARTS) is 1. The summed E-state index contributed by atoms with van der Waals surface area (Å²) >= 11 is 0.680. The van der Waals surface area contributed by atoms with E-state index in [-0.39, 0.29) is 9.09 Å². The smallest absolute Gasteiger partial charge is 0.346 e. The Morgan fingerprint density at radius 2 is 2.21 bits per heavy atom. The first-order chi connectivity index (χ1) is 6.36. The van der Waals surface area contributed by atoms with Crippen LogP contribution in [-0.2, 0) is 15.5 Å². The van der Waals surface area contributed by atoms with E-state index in [1.165, 1.54) is 6.07 Å². The van der Waals surface area contributed by atoms with Crippen molar-refractivity contribution in [1.29, 1.82) is 0 Å². The molecule has 7 heteroatoms. The molecule has 0 aromatic carbocycles. The normalized spacial score (nSPS) is 11.6. The molecule has 0 saturated heterocycles. The van der Waals surface area contributed by atoms with Crippen molar-refractivity contribution in [2.24, 2.45) is 0 Å². The number of aryl methyl sites for hydroxylation is 1. The minimum atomic E-state index is -3.82. The summed E-state index contributed by atoms with van der Waals surface area (Å²) in [5, 5.41) is 8.75. The van der Waals surface area contributed by atoms with Crippen LogP contribution in [0.2, 0.25) is 0 Å². The van der Waals surface area contributed by atoms with Gasteiger partial charge in [0.25, 0.3) is 9.05 Å². The first-order valence-electron chi connectivity index (χ1n) is 3.67. The fraction of sp³-hybridized carbons (Fsp3) is 0.286. The average molecular weight is 255 g/mol. The molecule has 0 atom stereocenters. The second-order valence-corrected chi connectivity index (χ2v) is 6.36. The van der Waals surface area contributed by atoms with E-state index < -0.39 is 15.0 Å². The van der Waals surface area contributed by atoms with Crippen LogP contribution in [-0.4, -0.2) is 19.5 Å². The number of aromatic carboxylic acids is 1. The fourth-order valence-electron chi connectivity index (χ4n) is 0.967. The lowest BCUT2D eigenvalue weighted by atomic mass is 10.2. The van der Waals surface area contributed by atoms with Gasteiger partial charge in [0.2, 0.25) is 0 Å². The highest BCUT2D eigenvalue weighted by atomic mass is 35.7. The van der Waals surface area contributed by atoms with Gasteiger partial charge in [-0.15, -0.1) is 11.3 Å². The van der Waals surface area contributed by atoms with Crippen molar-refractivity contribution in [2.75, 3.05) is 0 Å². The van der Waals surface area contributed by atoms with Gasteiger partial charge >= 0.3 is 5.97 Å². The summed E-state index contributed by atoms with van der Waals surface area (Å²) in [6.45, 7) is 1.75. The molecule has 0 spiro atoms. The van der Waals surface area contributed by atoms with E-state index in [0.29, 0.717) is 23.3 Å². The van der Waals surface area contributed by atoms with Crippen LogP contribution in [0, 0.1) is 0 Å². The third-order valence-corrected chi connectivity index (χ3v) is 4.84. The lowest BCUT2D eigenvalue weighted by molar-refractivity contribution is 0.0701. The van der Waals surface area contributed by atoms with Crippen molar-refractivity contribution in [3.63, 3.8) is 0 Å². The topological polar surface area (TPSA) is 71.4 Å². The van der Waals surface area contributed by atoms with Crippen LogP contribution in [0.1, 0.15) is 22.2 Å². The summed E-state index contributed by atoms with van der Waals surface area (Å²) in [4.78, 5) is 10.7. The Bertz CT molecular complexity index is 460. The first kappa shape index (κ1) is 11.5. The zero-order valence-electron chi connectivity index (χ0n) is 7.15. The Balaban J connectivity index is 3.34. The van der Waals surface area contributed by atoms with E-state index in [1.54, 1.807) is 6.92 Å². The molecule has 0 saturated carbocycles. The Morgan fingerprint density at radius 3 is 2.50 bits per heavy atom. The highest BCUT2D eigenvalue weighted by molar-refractivity contribution is 8.15. The Morgan fingerprint density at radius 1 is 1.64 bits per heavy atom. The first-order valence-corrected chi connectivity index (χ1v) is 6.79. The van der Waals surface area contributed by atoms with E-state index in [4.69, 9.17) is 15.8 Å². The zero-order valence-corrected chi connectivity index (χ0v) is 9.54. The maximum Gasteiger partial charge on any atom is 0.346 e. The van der Waals surface area contributed by atoms with Gasteiger partial charge in [-0.3, -0.25) is 0 Å². The lowest BCUT2D eigenvalue weighted by Gasteiger charge is -1.91. The summed E-state index contributed by atoms with van der Waals surface area (Å²) in [6, 6.07) is 1.30. The Hall–Kier alpha value is -0.590. The van der Waals surface area contributed by atoms with Crippen molar-refractivity contribution in [1.82, 2.24) is 0 Å². The number of hydrogen-bond donors (Lipinski definition) is 1. The molecule has 0 radical (unpaired) electrons. The predicted octanol–water partition coefficient (Wildman–Crippen LogP) is 1.94. The lowest BCUT2D eigenvalue weighted by Crippen LogP contribution is -1.95. The maximum atomic E-state index is 10.9. The van der Waals surface area contributed by atoms with Gasteiger partial charge in [0, 0.05) is 10.7 Å². The number of hydrogen-bond acceptors (Lipinski definition) is 4. The highest BCUT2D eigenvalue weighted by Crippen LogP contribution is 2.29. The number of rotatable bonds is 3. The Labute approximate surface area is 89.6 Å². The maximum absolute atomic E-state index is 10.9. The van der Waals surface area contributed by atoms with E-state index in [0.717, 1.165) is 0 Å². The molecule has 1 rings (SSSR count). The number of carboxylic acids is 1. The van der Waals surface area contributed by atoms with Crippen LogP contribution in [0.5, 0.6) is 0 Å². The van der Waals surface area contributed by atoms with Crippen LogP contribution in [0.25, 0.3) is 0 Å². The van der Waals surface area contributed by atoms with Gasteiger partial charge < -0.3 is 5.11 Å². The standard InChI is InChI=1S/C7H7ClO4S2/c1-2-4-3-5(14(8,11)12)13-6(4)7(9)10/h3H,2H2,1H3,(H,9,10). The molecule has 0 unspecified atom stereocenters. The van der Waals surface area contributed by atoms with E-state index >= 15 is 0 Å². The summed E-state index contributed by atoms with van der Waals surface area (Å²) in [5.74, 6) is -1.13. The van der Waals surface area contributed by atoms with Gasteiger partial charge in [0.15, 0.2) is 0 Å². The molecule has 14 heavy (non-hydrogen) atoms. The van der Waals surface area contributed by atoms with Crippen LogP contribution in [0.3, 0.4) is 0 Å². The molecule has 0 amide bonds. The second kappa shape index (κ2) is 3.88. The predicted molar refractivity (Wildman–Crippen MR) is 53.7 cm³/mol. The molecule has 1 aromatic heterocycles. The van der Waals surface area contributed by atoms with Crippen LogP contribution in [0.15, 0.2) is 10.3 Å². The van der Waals surface area contributed by atoms with Crippen molar-refractivity contribution in [3.8, 4) is 0 Å². The van der Waals surface area contributed by atoms with Gasteiger partial charge in [-0.1, -0.05) is 6.92 Å². The Kier molecular flexibility index (Phi) is 3.18. The summed E-state index contributed by atoms with van der Waals surface area (Å²) in [5.41, 5.74) is 0.488. The third-order valence-electron chi connectivity index (χ3n) is 1.60.